The molecule has 8 rings (SSSR count). The van der Waals surface area contributed by atoms with E-state index < -0.39 is 10.0 Å². The molecule has 13 heteroatoms. The summed E-state index contributed by atoms with van der Waals surface area (Å²) >= 11 is 1.77. The van der Waals surface area contributed by atoms with Crippen LogP contribution in [-0.2, 0) is 32.6 Å². The van der Waals surface area contributed by atoms with Crippen molar-refractivity contribution in [3.05, 3.63) is 76.6 Å². The molecule has 0 N–H and O–H groups in total. The first-order valence-corrected chi connectivity index (χ1v) is 17.4. The standard InChI is InChI=1S/C31H35N7O4S2/c39-44(40,24-4-2-1-3-5-24)38-9-7-25-26(38)6-8-32-31(25)37-20-27(36-12-16-42-17-13-36)30-28(21-37)43-29(33-30)22-34-18-23(19-34)35-10-14-41-15-11-35/h1-9,20,23H,10-19,21-22H2. The second-order valence-electron chi connectivity index (χ2n) is 11.6. The Hall–Kier alpha value is -3.33. The van der Waals surface area contributed by atoms with Gasteiger partial charge in [0.15, 0.2) is 0 Å². The highest BCUT2D eigenvalue weighted by atomic mass is 32.2. The number of anilines is 1. The van der Waals surface area contributed by atoms with E-state index in [1.165, 1.54) is 8.85 Å². The van der Waals surface area contributed by atoms with Gasteiger partial charge in [0.1, 0.15) is 16.5 Å². The minimum atomic E-state index is -3.75. The molecule has 0 unspecified atom stereocenters. The summed E-state index contributed by atoms with van der Waals surface area (Å²) in [5.74, 6) is 0.729. The van der Waals surface area contributed by atoms with Crippen LogP contribution in [0.4, 0.5) is 5.82 Å². The van der Waals surface area contributed by atoms with Gasteiger partial charge >= 0.3 is 0 Å². The van der Waals surface area contributed by atoms with Crippen molar-refractivity contribution >= 4 is 43.8 Å². The number of ether oxygens (including phenoxy) is 2. The van der Waals surface area contributed by atoms with Crippen LogP contribution in [0.25, 0.3) is 16.6 Å². The molecule has 11 nitrogen and oxygen atoms in total. The van der Waals surface area contributed by atoms with Crippen molar-refractivity contribution in [1.82, 2.24) is 28.6 Å². The largest absolute Gasteiger partial charge is 0.379 e. The van der Waals surface area contributed by atoms with Gasteiger partial charge in [0.25, 0.3) is 10.0 Å². The fourth-order valence-electron chi connectivity index (χ4n) is 6.56. The van der Waals surface area contributed by atoms with Crippen molar-refractivity contribution in [1.29, 1.82) is 0 Å². The maximum absolute atomic E-state index is 13.5. The van der Waals surface area contributed by atoms with Gasteiger partial charge in [-0.2, -0.15) is 0 Å². The van der Waals surface area contributed by atoms with Crippen LogP contribution in [0.15, 0.2) is 66.0 Å². The van der Waals surface area contributed by atoms with Crippen molar-refractivity contribution in [3.63, 3.8) is 0 Å². The SMILES string of the molecule is O=S(=O)(c1ccccc1)n1ccc2c(N3C=C(N4CCOCC4)c4nc(CN5CC(N6CCOCC6)C5)sc4C3)nccc21. The van der Waals surface area contributed by atoms with Gasteiger partial charge in [0.2, 0.25) is 0 Å². The van der Waals surface area contributed by atoms with Crippen LogP contribution in [0.1, 0.15) is 15.6 Å². The van der Waals surface area contributed by atoms with Gasteiger partial charge in [0.05, 0.1) is 60.5 Å². The Balaban J connectivity index is 1.09. The fraction of sp³-hybridized carbons (Fsp3) is 0.419. The number of likely N-dealkylation sites (tertiary alicyclic amines) is 1. The summed E-state index contributed by atoms with van der Waals surface area (Å²) in [6.07, 6.45) is 5.46. The topological polar surface area (TPSA) is 96.3 Å². The Bertz CT molecular complexity index is 1790. The molecule has 1 aromatic carbocycles. The van der Waals surface area contributed by atoms with Crippen LogP contribution in [0, 0.1) is 0 Å². The van der Waals surface area contributed by atoms with Gasteiger partial charge in [-0.25, -0.2) is 22.4 Å². The lowest BCUT2D eigenvalue weighted by Crippen LogP contribution is -2.60. The summed E-state index contributed by atoms with van der Waals surface area (Å²) in [6.45, 7) is 10.3. The van der Waals surface area contributed by atoms with E-state index in [9.17, 15) is 8.42 Å². The molecule has 0 spiro atoms. The first kappa shape index (κ1) is 28.2. The molecule has 0 radical (unpaired) electrons. The predicted molar refractivity (Wildman–Crippen MR) is 169 cm³/mol. The average Bonchev–Trinajstić information content (AvgIpc) is 3.68. The number of benzene rings is 1. The lowest BCUT2D eigenvalue weighted by atomic mass is 10.1. The lowest BCUT2D eigenvalue weighted by Gasteiger charge is -2.46. The van der Waals surface area contributed by atoms with E-state index in [2.05, 4.69) is 25.8 Å². The highest BCUT2D eigenvalue weighted by Crippen LogP contribution is 2.38. The number of aromatic nitrogens is 3. The first-order chi connectivity index (χ1) is 21.5. The van der Waals surface area contributed by atoms with E-state index >= 15 is 0 Å². The van der Waals surface area contributed by atoms with Gasteiger partial charge in [-0.1, -0.05) is 18.2 Å². The highest BCUT2D eigenvalue weighted by Gasteiger charge is 2.34. The number of pyridine rings is 1. The Kier molecular flexibility index (Phi) is 7.39. The summed E-state index contributed by atoms with van der Waals surface area (Å²) in [4.78, 5) is 20.9. The van der Waals surface area contributed by atoms with Crippen LogP contribution in [0.3, 0.4) is 0 Å². The van der Waals surface area contributed by atoms with E-state index in [-0.39, 0.29) is 4.90 Å². The normalized spacial score (nSPS) is 20.5. The molecular formula is C31H35N7O4S2. The zero-order valence-electron chi connectivity index (χ0n) is 24.4. The minimum absolute atomic E-state index is 0.253. The van der Waals surface area contributed by atoms with Gasteiger partial charge in [0, 0.05) is 69.3 Å². The maximum atomic E-state index is 13.5. The number of rotatable bonds is 7. The summed E-state index contributed by atoms with van der Waals surface area (Å²) in [5.41, 5.74) is 2.72. The average molecular weight is 634 g/mol. The summed E-state index contributed by atoms with van der Waals surface area (Å²) in [7, 11) is -3.75. The third kappa shape index (κ3) is 5.11. The first-order valence-electron chi connectivity index (χ1n) is 15.2. The summed E-state index contributed by atoms with van der Waals surface area (Å²) < 4.78 is 39.6. The third-order valence-corrected chi connectivity index (χ3v) is 11.6. The van der Waals surface area contributed by atoms with Crippen LogP contribution < -0.4 is 4.90 Å². The predicted octanol–water partition coefficient (Wildman–Crippen LogP) is 2.90. The number of fused-ring (bicyclic) bond motifs is 2. The summed E-state index contributed by atoms with van der Waals surface area (Å²) in [6, 6.07) is 12.8. The Morgan fingerprint density at radius 1 is 0.932 bits per heavy atom. The molecule has 3 aromatic heterocycles. The number of hydrogen-bond acceptors (Lipinski definition) is 11. The summed E-state index contributed by atoms with van der Waals surface area (Å²) in [5, 5.41) is 1.91. The molecular weight excluding hydrogens is 599 g/mol. The molecule has 4 aliphatic rings. The smallest absolute Gasteiger partial charge is 0.268 e. The molecule has 3 saturated heterocycles. The van der Waals surface area contributed by atoms with Crippen molar-refractivity contribution in [3.8, 4) is 0 Å². The van der Waals surface area contributed by atoms with Crippen molar-refractivity contribution in [2.24, 2.45) is 0 Å². The number of nitrogens with zero attached hydrogens (tertiary/aromatic N) is 7. The second kappa shape index (κ2) is 11.5. The van der Waals surface area contributed by atoms with E-state index in [0.29, 0.717) is 31.3 Å². The molecule has 4 aromatic rings. The quantitative estimate of drug-likeness (QED) is 0.302. The second-order valence-corrected chi connectivity index (χ2v) is 14.6. The molecule has 44 heavy (non-hydrogen) atoms. The minimum Gasteiger partial charge on any atom is -0.379 e. The van der Waals surface area contributed by atoms with E-state index in [1.807, 2.05) is 12.1 Å². The van der Waals surface area contributed by atoms with Gasteiger partial charge in [-0.05, 0) is 24.3 Å². The van der Waals surface area contributed by atoms with Crippen LogP contribution in [0.2, 0.25) is 0 Å². The van der Waals surface area contributed by atoms with Crippen molar-refractivity contribution < 1.29 is 17.9 Å². The molecule has 4 aliphatic heterocycles. The Morgan fingerprint density at radius 2 is 1.68 bits per heavy atom. The fourth-order valence-corrected chi connectivity index (χ4v) is 9.05. The molecule has 7 heterocycles. The monoisotopic (exact) mass is 633 g/mol. The van der Waals surface area contributed by atoms with Gasteiger partial charge in [-0.3, -0.25) is 9.80 Å². The maximum Gasteiger partial charge on any atom is 0.268 e. The van der Waals surface area contributed by atoms with Crippen LogP contribution in [-0.4, -0.2) is 109 Å². The van der Waals surface area contributed by atoms with Crippen molar-refractivity contribution in [2.75, 3.05) is 70.6 Å². The molecule has 0 atom stereocenters. The van der Waals surface area contributed by atoms with E-state index in [1.54, 1.807) is 54.1 Å². The zero-order valence-corrected chi connectivity index (χ0v) is 26.0. The lowest BCUT2D eigenvalue weighted by molar-refractivity contribution is -0.0344. The van der Waals surface area contributed by atoms with Crippen LogP contribution >= 0.6 is 11.3 Å². The highest BCUT2D eigenvalue weighted by molar-refractivity contribution is 7.90. The molecule has 0 aliphatic carbocycles. The molecule has 230 valence electrons. The zero-order chi connectivity index (χ0) is 29.7. The number of hydrogen-bond donors (Lipinski definition) is 0. The van der Waals surface area contributed by atoms with Gasteiger partial charge < -0.3 is 19.3 Å². The number of morpholine rings is 2. The molecule has 0 amide bonds. The molecule has 0 bridgehead atoms. The van der Waals surface area contributed by atoms with E-state index in [4.69, 9.17) is 19.4 Å². The third-order valence-electron chi connectivity index (χ3n) is 8.92. The Morgan fingerprint density at radius 3 is 2.45 bits per heavy atom. The van der Waals surface area contributed by atoms with Crippen LogP contribution in [0.5, 0.6) is 0 Å². The van der Waals surface area contributed by atoms with E-state index in [0.717, 1.165) is 86.6 Å². The Labute approximate surface area is 261 Å². The molecule has 0 saturated carbocycles. The van der Waals surface area contributed by atoms with Gasteiger partial charge in [-0.15, -0.1) is 11.3 Å². The number of thiazole rings is 1. The van der Waals surface area contributed by atoms with Crippen molar-refractivity contribution in [2.45, 2.75) is 24.0 Å². The molecule has 3 fully saturated rings.